The lowest BCUT2D eigenvalue weighted by molar-refractivity contribution is 0.324. The summed E-state index contributed by atoms with van der Waals surface area (Å²) in [4.78, 5) is 10.8. The fourth-order valence-corrected chi connectivity index (χ4v) is 2.30. The quantitative estimate of drug-likeness (QED) is 0.834. The zero-order valence-electron chi connectivity index (χ0n) is 11.2. The van der Waals surface area contributed by atoms with E-state index in [0.29, 0.717) is 18.5 Å². The third kappa shape index (κ3) is 3.84. The van der Waals surface area contributed by atoms with Gasteiger partial charge in [-0.05, 0) is 39.8 Å². The van der Waals surface area contributed by atoms with Crippen molar-refractivity contribution in [2.45, 2.75) is 32.7 Å². The largest absolute Gasteiger partial charge is 0.478 e. The van der Waals surface area contributed by atoms with Crippen molar-refractivity contribution in [3.05, 3.63) is 12.4 Å². The van der Waals surface area contributed by atoms with Gasteiger partial charge >= 0.3 is 0 Å². The maximum atomic E-state index is 5.36. The minimum absolute atomic E-state index is 0.382. The Bertz CT molecular complexity index is 366. The second kappa shape index (κ2) is 6.54. The molecule has 1 atom stereocenters. The molecule has 1 aromatic rings. The molecule has 5 nitrogen and oxygen atoms in total. The summed E-state index contributed by atoms with van der Waals surface area (Å²) in [6, 6.07) is 2.23. The Labute approximate surface area is 109 Å². The number of nitrogens with zero attached hydrogens (tertiary/aromatic N) is 3. The molecule has 1 N–H and O–H groups in total. The van der Waals surface area contributed by atoms with Crippen LogP contribution < -0.4 is 10.1 Å². The van der Waals surface area contributed by atoms with Crippen LogP contribution in [0.15, 0.2) is 12.4 Å². The predicted octanol–water partition coefficient (Wildman–Crippen LogP) is 1.77. The molecule has 0 aliphatic carbocycles. The highest BCUT2D eigenvalue weighted by atomic mass is 16.5. The van der Waals surface area contributed by atoms with Gasteiger partial charge in [-0.2, -0.15) is 0 Å². The molecule has 2 heterocycles. The van der Waals surface area contributed by atoms with Gasteiger partial charge in [-0.25, -0.2) is 9.97 Å². The van der Waals surface area contributed by atoms with Crippen molar-refractivity contribution < 1.29 is 4.74 Å². The fraction of sp³-hybridized carbons (Fsp3) is 0.692. The highest BCUT2D eigenvalue weighted by molar-refractivity contribution is 5.38. The first-order chi connectivity index (χ1) is 8.78. The maximum Gasteiger partial charge on any atom is 0.218 e. The van der Waals surface area contributed by atoms with E-state index in [1.165, 1.54) is 32.3 Å². The van der Waals surface area contributed by atoms with E-state index in [-0.39, 0.29) is 0 Å². The molecule has 0 amide bonds. The summed E-state index contributed by atoms with van der Waals surface area (Å²) < 4.78 is 5.36. The van der Waals surface area contributed by atoms with Crippen LogP contribution in [-0.4, -0.2) is 47.2 Å². The minimum Gasteiger partial charge on any atom is -0.478 e. The second-order valence-electron chi connectivity index (χ2n) is 4.73. The number of nitrogens with one attached hydrogen (secondary N) is 1. The molecule has 1 fully saturated rings. The molecule has 100 valence electrons. The molecule has 0 spiro atoms. The van der Waals surface area contributed by atoms with Crippen LogP contribution in [0, 0.1) is 0 Å². The van der Waals surface area contributed by atoms with Crippen molar-refractivity contribution in [1.82, 2.24) is 14.9 Å². The van der Waals surface area contributed by atoms with E-state index < -0.39 is 0 Å². The number of anilines is 1. The van der Waals surface area contributed by atoms with Crippen molar-refractivity contribution in [3.8, 4) is 5.88 Å². The lowest BCUT2D eigenvalue weighted by atomic mass is 10.3. The van der Waals surface area contributed by atoms with Gasteiger partial charge in [0.25, 0.3) is 0 Å². The van der Waals surface area contributed by atoms with Gasteiger partial charge in [-0.15, -0.1) is 0 Å². The molecule has 0 bridgehead atoms. The standard InChI is InChI=1S/C13H22N4O/c1-3-18-13-8-12(14-10-15-13)16-11(2)9-17-6-4-5-7-17/h8,10-11H,3-7,9H2,1-2H3,(H,14,15,16). The van der Waals surface area contributed by atoms with Gasteiger partial charge in [0.05, 0.1) is 6.61 Å². The van der Waals surface area contributed by atoms with E-state index in [9.17, 15) is 0 Å². The van der Waals surface area contributed by atoms with Gasteiger partial charge in [-0.1, -0.05) is 0 Å². The summed E-state index contributed by atoms with van der Waals surface area (Å²) in [6.07, 6.45) is 4.19. The van der Waals surface area contributed by atoms with Gasteiger partial charge in [0, 0.05) is 18.7 Å². The van der Waals surface area contributed by atoms with E-state index in [0.717, 1.165) is 12.4 Å². The van der Waals surface area contributed by atoms with Gasteiger partial charge in [0.1, 0.15) is 12.1 Å². The first kappa shape index (κ1) is 13.1. The van der Waals surface area contributed by atoms with Gasteiger partial charge < -0.3 is 15.0 Å². The molecular formula is C13H22N4O. The molecule has 18 heavy (non-hydrogen) atoms. The number of hydrogen-bond acceptors (Lipinski definition) is 5. The lowest BCUT2D eigenvalue weighted by Gasteiger charge is -2.21. The van der Waals surface area contributed by atoms with E-state index >= 15 is 0 Å². The Balaban J connectivity index is 1.85. The Morgan fingerprint density at radius 2 is 2.17 bits per heavy atom. The number of rotatable bonds is 6. The van der Waals surface area contributed by atoms with Crippen LogP contribution in [0.2, 0.25) is 0 Å². The summed E-state index contributed by atoms with van der Waals surface area (Å²) >= 11 is 0. The summed E-state index contributed by atoms with van der Waals surface area (Å²) in [6.45, 7) is 8.26. The predicted molar refractivity (Wildman–Crippen MR) is 72.0 cm³/mol. The van der Waals surface area contributed by atoms with Crippen LogP contribution in [0.25, 0.3) is 0 Å². The number of likely N-dealkylation sites (tertiary alicyclic amines) is 1. The first-order valence-corrected chi connectivity index (χ1v) is 6.71. The number of aromatic nitrogens is 2. The molecule has 1 aliphatic rings. The summed E-state index contributed by atoms with van der Waals surface area (Å²) in [7, 11) is 0. The van der Waals surface area contributed by atoms with Gasteiger partial charge in [0.15, 0.2) is 0 Å². The third-order valence-electron chi connectivity index (χ3n) is 3.06. The smallest absolute Gasteiger partial charge is 0.218 e. The number of ether oxygens (including phenoxy) is 1. The number of hydrogen-bond donors (Lipinski definition) is 1. The van der Waals surface area contributed by atoms with E-state index in [4.69, 9.17) is 4.74 Å². The fourth-order valence-electron chi connectivity index (χ4n) is 2.30. The first-order valence-electron chi connectivity index (χ1n) is 6.71. The Morgan fingerprint density at radius 1 is 1.39 bits per heavy atom. The second-order valence-corrected chi connectivity index (χ2v) is 4.73. The van der Waals surface area contributed by atoms with Crippen molar-refractivity contribution >= 4 is 5.82 Å². The monoisotopic (exact) mass is 250 g/mol. The van der Waals surface area contributed by atoms with E-state index in [2.05, 4.69) is 27.1 Å². The average molecular weight is 250 g/mol. The molecular weight excluding hydrogens is 228 g/mol. The summed E-state index contributed by atoms with van der Waals surface area (Å²) in [5.41, 5.74) is 0. The minimum atomic E-state index is 0.382. The maximum absolute atomic E-state index is 5.36. The van der Waals surface area contributed by atoms with Crippen LogP contribution in [0.5, 0.6) is 5.88 Å². The average Bonchev–Trinajstić information content (AvgIpc) is 2.82. The molecule has 2 rings (SSSR count). The van der Waals surface area contributed by atoms with Crippen LogP contribution in [0.1, 0.15) is 26.7 Å². The molecule has 1 aromatic heterocycles. The molecule has 1 saturated heterocycles. The van der Waals surface area contributed by atoms with E-state index in [1.54, 1.807) is 0 Å². The molecule has 0 saturated carbocycles. The van der Waals surface area contributed by atoms with Crippen LogP contribution in [0.4, 0.5) is 5.82 Å². The van der Waals surface area contributed by atoms with Crippen molar-refractivity contribution in [1.29, 1.82) is 0 Å². The van der Waals surface area contributed by atoms with E-state index in [1.807, 2.05) is 13.0 Å². The molecule has 1 aliphatic heterocycles. The van der Waals surface area contributed by atoms with Crippen LogP contribution in [-0.2, 0) is 0 Å². The topological polar surface area (TPSA) is 50.3 Å². The molecule has 0 aromatic carbocycles. The molecule has 1 unspecified atom stereocenters. The Kier molecular flexibility index (Phi) is 4.75. The van der Waals surface area contributed by atoms with Crippen molar-refractivity contribution in [2.75, 3.05) is 31.6 Å². The zero-order valence-corrected chi connectivity index (χ0v) is 11.2. The summed E-state index contributed by atoms with van der Waals surface area (Å²) in [5, 5.41) is 3.39. The Morgan fingerprint density at radius 3 is 2.89 bits per heavy atom. The SMILES string of the molecule is CCOc1cc(NC(C)CN2CCCC2)ncn1. The van der Waals surface area contributed by atoms with Crippen LogP contribution >= 0.6 is 0 Å². The zero-order chi connectivity index (χ0) is 12.8. The molecule has 0 radical (unpaired) electrons. The summed E-state index contributed by atoms with van der Waals surface area (Å²) in [5.74, 6) is 1.46. The van der Waals surface area contributed by atoms with Gasteiger partial charge in [-0.3, -0.25) is 0 Å². The third-order valence-corrected chi connectivity index (χ3v) is 3.06. The van der Waals surface area contributed by atoms with Crippen molar-refractivity contribution in [2.24, 2.45) is 0 Å². The highest BCUT2D eigenvalue weighted by Gasteiger charge is 2.14. The van der Waals surface area contributed by atoms with Crippen LogP contribution in [0.3, 0.4) is 0 Å². The molecule has 5 heteroatoms. The van der Waals surface area contributed by atoms with Crippen molar-refractivity contribution in [3.63, 3.8) is 0 Å². The van der Waals surface area contributed by atoms with Gasteiger partial charge in [0.2, 0.25) is 5.88 Å². The highest BCUT2D eigenvalue weighted by Crippen LogP contribution is 2.13. The Hall–Kier alpha value is -1.36. The lowest BCUT2D eigenvalue weighted by Crippen LogP contribution is -2.33. The normalized spacial score (nSPS) is 17.7.